The van der Waals surface area contributed by atoms with Crippen molar-refractivity contribution in [2.75, 3.05) is 0 Å². The van der Waals surface area contributed by atoms with Crippen LogP contribution in [-0.2, 0) is 14.3 Å². The van der Waals surface area contributed by atoms with Gasteiger partial charge in [0.25, 0.3) is 0 Å². The Balaban J connectivity index is 1.43. The number of hydrogen-bond donors (Lipinski definition) is 4. The number of carbonyl (C=O) groups is 2. The highest BCUT2D eigenvalue weighted by Gasteiger charge is 2.83. The van der Waals surface area contributed by atoms with Gasteiger partial charge in [0.15, 0.2) is 0 Å². The van der Waals surface area contributed by atoms with Gasteiger partial charge in [0, 0.05) is 41.4 Å². The lowest BCUT2D eigenvalue weighted by Gasteiger charge is -2.51. The van der Waals surface area contributed by atoms with E-state index in [0.29, 0.717) is 25.7 Å². The predicted molar refractivity (Wildman–Crippen MR) is 144 cm³/mol. The first-order valence-electron chi connectivity index (χ1n) is 15.1. The number of allylic oxidation sites excluding steroid dienone is 1. The summed E-state index contributed by atoms with van der Waals surface area (Å²) in [6.07, 6.45) is 5.61. The van der Waals surface area contributed by atoms with Gasteiger partial charge in [-0.1, -0.05) is 23.8 Å². The maximum absolute atomic E-state index is 13.3. The summed E-state index contributed by atoms with van der Waals surface area (Å²) in [6, 6.07) is 0. The Labute approximate surface area is 231 Å². The van der Waals surface area contributed by atoms with E-state index in [1.807, 2.05) is 6.92 Å². The minimum atomic E-state index is -1.12. The number of hydrogen-bond acceptors (Lipinski definition) is 7. The van der Waals surface area contributed by atoms with Gasteiger partial charge in [-0.15, -0.1) is 0 Å². The Morgan fingerprint density at radius 1 is 1.03 bits per heavy atom. The average molecular weight is 543 g/mol. The van der Waals surface area contributed by atoms with Gasteiger partial charge in [-0.05, 0) is 84.0 Å². The third-order valence-corrected chi connectivity index (χ3v) is 12.8. The molecule has 1 spiro atoms. The molecule has 4 N–H and O–H groups in total. The Morgan fingerprint density at radius 2 is 1.72 bits per heavy atom. The van der Waals surface area contributed by atoms with Crippen LogP contribution in [-0.4, -0.2) is 62.7 Å². The van der Waals surface area contributed by atoms with E-state index in [2.05, 4.69) is 12.7 Å². The van der Waals surface area contributed by atoms with Gasteiger partial charge in [-0.2, -0.15) is 0 Å². The highest BCUT2D eigenvalue weighted by atomic mass is 16.5. The molecule has 7 nitrogen and oxygen atoms in total. The van der Waals surface area contributed by atoms with E-state index in [0.717, 1.165) is 43.1 Å². The molecule has 0 aromatic rings. The second-order valence-corrected chi connectivity index (χ2v) is 14.6. The monoisotopic (exact) mass is 542 g/mol. The fourth-order valence-electron chi connectivity index (χ4n) is 11.4. The van der Waals surface area contributed by atoms with Crippen molar-refractivity contribution in [3.63, 3.8) is 0 Å². The zero-order valence-electron chi connectivity index (χ0n) is 23.8. The van der Waals surface area contributed by atoms with Crippen molar-refractivity contribution in [2.24, 2.45) is 51.8 Å². The van der Waals surface area contributed by atoms with Crippen molar-refractivity contribution in [1.29, 1.82) is 0 Å². The van der Waals surface area contributed by atoms with Crippen LogP contribution in [0.1, 0.15) is 79.1 Å². The van der Waals surface area contributed by atoms with Gasteiger partial charge in [-0.25, -0.2) is 0 Å². The molecule has 0 radical (unpaired) electrons. The first-order valence-corrected chi connectivity index (χ1v) is 15.1. The van der Waals surface area contributed by atoms with Crippen LogP contribution < -0.4 is 0 Å². The Bertz CT molecular complexity index is 1110. The van der Waals surface area contributed by atoms with Crippen LogP contribution in [0.3, 0.4) is 0 Å². The van der Waals surface area contributed by atoms with Crippen molar-refractivity contribution >= 4 is 12.3 Å². The fourth-order valence-corrected chi connectivity index (χ4v) is 11.4. The SMILES string of the molecule is C=C(C)[C@@H]1CCC(C2CCC3C2=C[C@@]2(C=O)[C@H]4CC[C@]2(C3O)C(O)[C@@]42CC[C@H](C(C)(C)O)C2O)C1OC(C)=O. The summed E-state index contributed by atoms with van der Waals surface area (Å²) in [5, 5.41) is 46.9. The van der Waals surface area contributed by atoms with Crippen LogP contribution in [0.2, 0.25) is 0 Å². The standard InChI is InChI=1S/C32H46O7/c1-16(2)18-6-8-20(25(18)39-17(3)34)19-7-9-21-22(19)14-30(15-33)24-11-13-32(30,26(21)35)28(37)31(24)12-10-23(27(31)36)29(4,5)38/h14-15,18-21,23-28,35-38H,1,6-13H2,2-5H3/t18-,19?,20?,21?,23-,24+,25?,26?,27?,28?,30+,31-,32-/m0/s1. The van der Waals surface area contributed by atoms with E-state index in [1.165, 1.54) is 6.92 Å². The number of rotatable bonds is 5. The minimum Gasteiger partial charge on any atom is -0.462 e. The van der Waals surface area contributed by atoms with Crippen molar-refractivity contribution in [1.82, 2.24) is 0 Å². The highest BCUT2D eigenvalue weighted by Crippen LogP contribution is 2.80. The number of carbonyl (C=O) groups excluding carboxylic acids is 2. The summed E-state index contributed by atoms with van der Waals surface area (Å²) < 4.78 is 5.90. The average Bonchev–Trinajstić information content (AvgIpc) is 3.62. The van der Waals surface area contributed by atoms with Crippen LogP contribution >= 0.6 is 0 Å². The fraction of sp³-hybridized carbons (Fsp3) is 0.812. The maximum atomic E-state index is 13.3. The summed E-state index contributed by atoms with van der Waals surface area (Å²) in [4.78, 5) is 25.4. The van der Waals surface area contributed by atoms with Gasteiger partial charge >= 0.3 is 5.97 Å². The molecule has 216 valence electrons. The van der Waals surface area contributed by atoms with Crippen LogP contribution in [0.4, 0.5) is 0 Å². The molecule has 6 rings (SSSR count). The third-order valence-electron chi connectivity index (χ3n) is 12.8. The largest absolute Gasteiger partial charge is 0.462 e. The van der Waals surface area contributed by atoms with Crippen LogP contribution in [0.25, 0.3) is 0 Å². The summed E-state index contributed by atoms with van der Waals surface area (Å²) in [6.45, 7) is 11.0. The Hall–Kier alpha value is -1.54. The first kappa shape index (κ1) is 27.6. The first-order chi connectivity index (χ1) is 18.3. The van der Waals surface area contributed by atoms with Gasteiger partial charge in [0.2, 0.25) is 0 Å². The van der Waals surface area contributed by atoms with Crippen LogP contribution in [0.15, 0.2) is 23.8 Å². The van der Waals surface area contributed by atoms with E-state index in [-0.39, 0.29) is 41.7 Å². The third kappa shape index (κ3) is 3.25. The summed E-state index contributed by atoms with van der Waals surface area (Å²) in [7, 11) is 0. The number of aliphatic hydroxyl groups is 4. The summed E-state index contributed by atoms with van der Waals surface area (Å²) >= 11 is 0. The zero-order chi connectivity index (χ0) is 28.3. The van der Waals surface area contributed by atoms with Crippen molar-refractivity contribution in [3.8, 4) is 0 Å². The number of fused-ring (bicyclic) bond motifs is 2. The van der Waals surface area contributed by atoms with E-state index in [4.69, 9.17) is 4.74 Å². The van der Waals surface area contributed by atoms with E-state index in [9.17, 15) is 30.0 Å². The Kier molecular flexibility index (Phi) is 6.18. The maximum Gasteiger partial charge on any atom is 0.302 e. The van der Waals surface area contributed by atoms with E-state index < -0.39 is 46.1 Å². The molecular weight excluding hydrogens is 496 g/mol. The number of ether oxygens (including phenoxy) is 1. The van der Waals surface area contributed by atoms with Crippen LogP contribution in [0, 0.1) is 51.8 Å². The smallest absolute Gasteiger partial charge is 0.302 e. The molecule has 6 aliphatic carbocycles. The molecule has 0 heterocycles. The lowest BCUT2D eigenvalue weighted by atomic mass is 9.55. The molecule has 7 unspecified atom stereocenters. The molecule has 2 bridgehead atoms. The van der Waals surface area contributed by atoms with Gasteiger partial charge in [0.05, 0.1) is 29.3 Å². The molecule has 5 fully saturated rings. The molecule has 5 saturated carbocycles. The molecule has 39 heavy (non-hydrogen) atoms. The van der Waals surface area contributed by atoms with Crippen LogP contribution in [0.5, 0.6) is 0 Å². The number of aldehydes is 1. The van der Waals surface area contributed by atoms with Crippen molar-refractivity contribution < 1.29 is 34.8 Å². The lowest BCUT2D eigenvalue weighted by Crippen LogP contribution is -2.59. The summed E-state index contributed by atoms with van der Waals surface area (Å²) in [5.74, 6) is -0.919. The van der Waals surface area contributed by atoms with Gasteiger partial charge < -0.3 is 30.0 Å². The predicted octanol–water partition coefficient (Wildman–Crippen LogP) is 3.33. The normalized spacial score (nSPS) is 52.1. The van der Waals surface area contributed by atoms with Crippen molar-refractivity contribution in [2.45, 2.75) is 109 Å². The zero-order valence-corrected chi connectivity index (χ0v) is 23.8. The molecular formula is C32H46O7. The van der Waals surface area contributed by atoms with Gasteiger partial charge in [-0.3, -0.25) is 4.79 Å². The second-order valence-electron chi connectivity index (χ2n) is 14.6. The number of aliphatic hydroxyl groups excluding tert-OH is 3. The molecule has 0 saturated heterocycles. The quantitative estimate of drug-likeness (QED) is 0.239. The second kappa shape index (κ2) is 8.73. The minimum absolute atomic E-state index is 0.0817. The highest BCUT2D eigenvalue weighted by molar-refractivity contribution is 5.71. The topological polar surface area (TPSA) is 124 Å². The summed E-state index contributed by atoms with van der Waals surface area (Å²) in [5.41, 5.74) is -2.07. The van der Waals surface area contributed by atoms with Crippen molar-refractivity contribution in [3.05, 3.63) is 23.8 Å². The molecule has 7 heteroatoms. The molecule has 6 aliphatic rings. The lowest BCUT2D eigenvalue weighted by molar-refractivity contribution is -0.170. The Morgan fingerprint density at radius 3 is 2.31 bits per heavy atom. The molecule has 13 atom stereocenters. The molecule has 0 aliphatic heterocycles. The van der Waals surface area contributed by atoms with Gasteiger partial charge in [0.1, 0.15) is 12.4 Å². The van der Waals surface area contributed by atoms with E-state index >= 15 is 0 Å². The number of esters is 1. The molecule has 0 aromatic carbocycles. The molecule has 0 amide bonds. The molecule has 0 aromatic heterocycles. The van der Waals surface area contributed by atoms with E-state index in [1.54, 1.807) is 13.8 Å².